The minimum absolute atomic E-state index is 0.207. The summed E-state index contributed by atoms with van der Waals surface area (Å²) in [5, 5.41) is 0. The quantitative estimate of drug-likeness (QED) is 0.459. The Kier molecular flexibility index (Phi) is 7.58. The summed E-state index contributed by atoms with van der Waals surface area (Å²) in [5.41, 5.74) is 3.33. The van der Waals surface area contributed by atoms with E-state index in [0.29, 0.717) is 26.3 Å². The molecule has 6 nitrogen and oxygen atoms in total. The topological polar surface area (TPSA) is 54.9 Å². The molecule has 172 valence electrons. The smallest absolute Gasteiger partial charge is 0.328 e. The Balaban J connectivity index is 1.49. The van der Waals surface area contributed by atoms with Gasteiger partial charge in [0.25, 0.3) is 0 Å². The van der Waals surface area contributed by atoms with E-state index in [4.69, 9.17) is 9.47 Å². The number of rotatable bonds is 9. The van der Waals surface area contributed by atoms with E-state index in [-0.39, 0.29) is 5.97 Å². The largest absolute Gasteiger partial charge is 0.492 e. The van der Waals surface area contributed by atoms with Gasteiger partial charge in [0.05, 0.1) is 13.2 Å². The molecule has 1 atom stereocenters. The molecule has 0 fully saturated rings. The third kappa shape index (κ3) is 5.71. The summed E-state index contributed by atoms with van der Waals surface area (Å²) in [6, 6.07) is 21.8. The lowest BCUT2D eigenvalue weighted by Crippen LogP contribution is -2.40. The van der Waals surface area contributed by atoms with E-state index in [1.165, 1.54) is 11.1 Å². The van der Waals surface area contributed by atoms with Crippen molar-refractivity contribution in [3.05, 3.63) is 89.6 Å². The van der Waals surface area contributed by atoms with Gasteiger partial charge in [0.2, 0.25) is 0 Å². The molecule has 1 aliphatic heterocycles. The average Bonchev–Trinajstić information content (AvgIpc) is 2.85. The molecule has 1 unspecified atom stereocenters. The van der Waals surface area contributed by atoms with Crippen LogP contribution < -0.4 is 9.64 Å². The zero-order chi connectivity index (χ0) is 23.0. The fourth-order valence-corrected chi connectivity index (χ4v) is 4.21. The van der Waals surface area contributed by atoms with E-state index in [9.17, 15) is 4.79 Å². The summed E-state index contributed by atoms with van der Waals surface area (Å²) < 4.78 is 11.5. The van der Waals surface area contributed by atoms with Gasteiger partial charge >= 0.3 is 5.97 Å². The number of fused-ring (bicyclic) bond motifs is 1. The minimum atomic E-state index is -0.436. The Morgan fingerprint density at radius 2 is 1.94 bits per heavy atom. The van der Waals surface area contributed by atoms with Crippen LogP contribution in [0.1, 0.15) is 29.7 Å². The second kappa shape index (κ2) is 11.0. The highest BCUT2D eigenvalue weighted by atomic mass is 16.5. The summed E-state index contributed by atoms with van der Waals surface area (Å²) in [4.78, 5) is 21.6. The second-order valence-electron chi connectivity index (χ2n) is 8.18. The Morgan fingerprint density at radius 3 is 2.70 bits per heavy atom. The number of esters is 1. The molecule has 2 heterocycles. The van der Waals surface area contributed by atoms with Crippen molar-refractivity contribution in [3.63, 3.8) is 0 Å². The van der Waals surface area contributed by atoms with Gasteiger partial charge in [0, 0.05) is 26.3 Å². The Morgan fingerprint density at radius 1 is 1.12 bits per heavy atom. The van der Waals surface area contributed by atoms with Gasteiger partial charge in [-0.15, -0.1) is 0 Å². The zero-order valence-corrected chi connectivity index (χ0v) is 19.3. The number of carbonyl (C=O) groups is 1. The highest BCUT2D eigenvalue weighted by Gasteiger charge is 2.34. The van der Waals surface area contributed by atoms with E-state index in [2.05, 4.69) is 33.0 Å². The normalized spacial score (nSPS) is 15.5. The number of hydrogen-bond donors (Lipinski definition) is 0. The number of aromatic nitrogens is 1. The van der Waals surface area contributed by atoms with Crippen LogP contribution in [0.2, 0.25) is 0 Å². The molecule has 0 radical (unpaired) electrons. The van der Waals surface area contributed by atoms with Crippen molar-refractivity contribution in [1.29, 1.82) is 0 Å². The van der Waals surface area contributed by atoms with Crippen molar-refractivity contribution in [2.24, 2.45) is 0 Å². The lowest BCUT2D eigenvalue weighted by Gasteiger charge is -2.36. The molecular weight excluding hydrogens is 414 g/mol. The number of likely N-dealkylation sites (N-methyl/N-ethyl adjacent to an activating group) is 1. The first-order valence-electron chi connectivity index (χ1n) is 11.5. The van der Waals surface area contributed by atoms with Gasteiger partial charge in [-0.2, -0.15) is 0 Å². The van der Waals surface area contributed by atoms with Crippen molar-refractivity contribution in [2.45, 2.75) is 25.9 Å². The minimum Gasteiger partial charge on any atom is -0.492 e. The third-order valence-corrected chi connectivity index (χ3v) is 5.92. The van der Waals surface area contributed by atoms with Crippen LogP contribution in [-0.4, -0.2) is 49.2 Å². The Bertz CT molecular complexity index is 1040. The van der Waals surface area contributed by atoms with E-state index >= 15 is 0 Å². The molecule has 2 aromatic carbocycles. The lowest BCUT2D eigenvalue weighted by atomic mass is 9.91. The predicted molar refractivity (Wildman–Crippen MR) is 129 cm³/mol. The van der Waals surface area contributed by atoms with E-state index in [1.54, 1.807) is 6.20 Å². The van der Waals surface area contributed by atoms with Crippen LogP contribution >= 0.6 is 0 Å². The highest BCUT2D eigenvalue weighted by Crippen LogP contribution is 2.34. The molecule has 0 N–H and O–H groups in total. The van der Waals surface area contributed by atoms with Gasteiger partial charge in [-0.05, 0) is 54.3 Å². The number of anilines is 1. The second-order valence-corrected chi connectivity index (χ2v) is 8.18. The number of ether oxygens (including phenoxy) is 2. The number of carbonyl (C=O) groups excluding carboxylic acids is 1. The molecule has 6 heteroatoms. The molecule has 0 saturated heterocycles. The van der Waals surface area contributed by atoms with Crippen molar-refractivity contribution in [3.8, 4) is 5.75 Å². The standard InChI is InChI=1S/C27H31N3O3/c1-3-32-27(31)26-24-19-23(33-18-17-29(2)25-11-7-8-15-28-25)13-12-22(24)14-16-30(26)20-21-9-5-4-6-10-21/h4-13,15,19,26H,3,14,16-18,20H2,1-2H3. The van der Waals surface area contributed by atoms with E-state index in [0.717, 1.165) is 30.1 Å². The van der Waals surface area contributed by atoms with E-state index in [1.807, 2.05) is 62.5 Å². The fraction of sp³-hybridized carbons (Fsp3) is 0.333. The van der Waals surface area contributed by atoms with Crippen molar-refractivity contribution >= 4 is 11.8 Å². The summed E-state index contributed by atoms with van der Waals surface area (Å²) in [6.45, 7) is 4.93. The van der Waals surface area contributed by atoms with Crippen LogP contribution in [0.3, 0.4) is 0 Å². The Hall–Kier alpha value is -3.38. The van der Waals surface area contributed by atoms with Gasteiger partial charge in [-0.1, -0.05) is 42.5 Å². The van der Waals surface area contributed by atoms with Gasteiger partial charge in [-0.3, -0.25) is 4.90 Å². The van der Waals surface area contributed by atoms with Crippen molar-refractivity contribution in [1.82, 2.24) is 9.88 Å². The first kappa shape index (κ1) is 22.8. The number of benzene rings is 2. The van der Waals surface area contributed by atoms with Crippen LogP contribution in [0.15, 0.2) is 72.9 Å². The Labute approximate surface area is 195 Å². The SMILES string of the molecule is CCOC(=O)C1c2cc(OCCN(C)c3ccccn3)ccc2CCN1Cc1ccccc1. The van der Waals surface area contributed by atoms with Gasteiger partial charge in [0.1, 0.15) is 24.2 Å². The monoisotopic (exact) mass is 445 g/mol. The number of pyridine rings is 1. The van der Waals surface area contributed by atoms with Crippen LogP contribution in [0.4, 0.5) is 5.82 Å². The molecule has 0 bridgehead atoms. The first-order valence-corrected chi connectivity index (χ1v) is 11.5. The zero-order valence-electron chi connectivity index (χ0n) is 19.3. The molecule has 0 saturated carbocycles. The third-order valence-electron chi connectivity index (χ3n) is 5.92. The average molecular weight is 446 g/mol. The maximum atomic E-state index is 13.0. The molecule has 4 rings (SSSR count). The van der Waals surface area contributed by atoms with Crippen LogP contribution in [0.5, 0.6) is 5.75 Å². The number of nitrogens with zero attached hydrogens (tertiary/aromatic N) is 3. The van der Waals surface area contributed by atoms with Crippen molar-refractivity contribution in [2.75, 3.05) is 38.3 Å². The maximum Gasteiger partial charge on any atom is 0.328 e. The van der Waals surface area contributed by atoms with Gasteiger partial charge in [0.15, 0.2) is 0 Å². The van der Waals surface area contributed by atoms with Crippen LogP contribution in [0, 0.1) is 0 Å². The molecule has 33 heavy (non-hydrogen) atoms. The summed E-state index contributed by atoms with van der Waals surface area (Å²) in [5.74, 6) is 1.46. The fourth-order valence-electron chi connectivity index (χ4n) is 4.21. The maximum absolute atomic E-state index is 13.0. The molecule has 0 spiro atoms. The summed E-state index contributed by atoms with van der Waals surface area (Å²) in [6.07, 6.45) is 2.67. The molecule has 0 aliphatic carbocycles. The number of hydrogen-bond acceptors (Lipinski definition) is 6. The highest BCUT2D eigenvalue weighted by molar-refractivity contribution is 5.79. The summed E-state index contributed by atoms with van der Waals surface area (Å²) >= 11 is 0. The lowest BCUT2D eigenvalue weighted by molar-refractivity contribution is -0.150. The van der Waals surface area contributed by atoms with E-state index < -0.39 is 6.04 Å². The van der Waals surface area contributed by atoms with Crippen molar-refractivity contribution < 1.29 is 14.3 Å². The predicted octanol–water partition coefficient (Wildman–Crippen LogP) is 4.26. The van der Waals surface area contributed by atoms with Crippen LogP contribution in [0.25, 0.3) is 0 Å². The molecule has 1 aromatic heterocycles. The molecule has 3 aromatic rings. The molecular formula is C27H31N3O3. The molecule has 0 amide bonds. The van der Waals surface area contributed by atoms with Gasteiger partial charge in [-0.25, -0.2) is 9.78 Å². The van der Waals surface area contributed by atoms with Gasteiger partial charge < -0.3 is 14.4 Å². The first-order chi connectivity index (χ1) is 16.2. The van der Waals surface area contributed by atoms with Crippen LogP contribution in [-0.2, 0) is 22.5 Å². The molecule has 1 aliphatic rings. The summed E-state index contributed by atoms with van der Waals surface area (Å²) in [7, 11) is 2.00.